The average Bonchev–Trinajstić information content (AvgIpc) is 2.47. The topological polar surface area (TPSA) is 37.4 Å². The number of Topliss-reactive ketones (excluding diaryl/α,β-unsaturated/α-hetero) is 1. The third-order valence-electron chi connectivity index (χ3n) is 3.99. The number of nitrogens with zero attached hydrogens (tertiary/aromatic N) is 1. The molecule has 0 N–H and O–H groups in total. The van der Waals surface area contributed by atoms with Gasteiger partial charge in [0.25, 0.3) is 5.91 Å². The number of amides is 1. The molecule has 0 radical (unpaired) electrons. The van der Waals surface area contributed by atoms with Crippen molar-refractivity contribution in [2.75, 3.05) is 4.90 Å². The van der Waals surface area contributed by atoms with Gasteiger partial charge in [-0.05, 0) is 56.3 Å². The number of halogens is 2. The fourth-order valence-electron chi connectivity index (χ4n) is 2.93. The number of ketones is 1. The summed E-state index contributed by atoms with van der Waals surface area (Å²) in [5.41, 5.74) is 0.124. The highest BCUT2D eigenvalue weighted by Crippen LogP contribution is 2.38. The Hall–Kier alpha value is -2.56. The van der Waals surface area contributed by atoms with Gasteiger partial charge in [0, 0.05) is 23.1 Å². The second-order valence-electron chi connectivity index (χ2n) is 6.22. The van der Waals surface area contributed by atoms with Crippen LogP contribution in [0.25, 0.3) is 0 Å². The van der Waals surface area contributed by atoms with E-state index in [2.05, 4.69) is 0 Å². The molecule has 1 amide bonds. The number of anilines is 1. The van der Waals surface area contributed by atoms with E-state index >= 15 is 0 Å². The van der Waals surface area contributed by atoms with Crippen LogP contribution in [-0.2, 0) is 0 Å². The van der Waals surface area contributed by atoms with Crippen molar-refractivity contribution in [3.63, 3.8) is 0 Å². The fraction of sp³-hybridized carbons (Fsp3) is 0.222. The lowest BCUT2D eigenvalue weighted by molar-refractivity contribution is 0.0902. The molecule has 0 saturated carbocycles. The Balaban J connectivity index is 2.13. The van der Waals surface area contributed by atoms with Gasteiger partial charge in [-0.3, -0.25) is 9.59 Å². The van der Waals surface area contributed by atoms with Crippen LogP contribution in [0.15, 0.2) is 42.5 Å². The zero-order valence-corrected chi connectivity index (χ0v) is 12.8. The molecule has 0 bridgehead atoms. The number of fused-ring (bicyclic) bond motifs is 1. The van der Waals surface area contributed by atoms with Crippen LogP contribution in [-0.4, -0.2) is 17.2 Å². The number of rotatable bonds is 1. The molecule has 0 spiro atoms. The van der Waals surface area contributed by atoms with Gasteiger partial charge in [-0.15, -0.1) is 0 Å². The van der Waals surface area contributed by atoms with Gasteiger partial charge >= 0.3 is 0 Å². The summed E-state index contributed by atoms with van der Waals surface area (Å²) in [6, 6.07) is 9.02. The number of benzene rings is 2. The number of hydrogen-bond donors (Lipinski definition) is 0. The van der Waals surface area contributed by atoms with Crippen molar-refractivity contribution in [2.45, 2.75) is 25.8 Å². The summed E-state index contributed by atoms with van der Waals surface area (Å²) in [5, 5.41) is 0. The van der Waals surface area contributed by atoms with E-state index in [1.807, 2.05) is 0 Å². The molecule has 0 atom stereocenters. The first-order valence-electron chi connectivity index (χ1n) is 7.22. The summed E-state index contributed by atoms with van der Waals surface area (Å²) in [7, 11) is 0. The van der Waals surface area contributed by atoms with Crippen molar-refractivity contribution in [3.05, 3.63) is 65.2 Å². The molecule has 1 aliphatic rings. The molecular weight excluding hydrogens is 300 g/mol. The van der Waals surface area contributed by atoms with Gasteiger partial charge in [-0.1, -0.05) is 0 Å². The minimum absolute atomic E-state index is 0.0936. The quantitative estimate of drug-likeness (QED) is 0.798. The van der Waals surface area contributed by atoms with Crippen LogP contribution < -0.4 is 4.90 Å². The summed E-state index contributed by atoms with van der Waals surface area (Å²) in [5.74, 6) is -1.51. The van der Waals surface area contributed by atoms with Crippen molar-refractivity contribution in [1.29, 1.82) is 0 Å². The molecule has 23 heavy (non-hydrogen) atoms. The first-order chi connectivity index (χ1) is 10.8. The van der Waals surface area contributed by atoms with Crippen molar-refractivity contribution >= 4 is 17.4 Å². The van der Waals surface area contributed by atoms with Crippen LogP contribution in [0.4, 0.5) is 14.5 Å². The van der Waals surface area contributed by atoms with E-state index in [1.54, 1.807) is 13.8 Å². The molecule has 3 rings (SSSR count). The van der Waals surface area contributed by atoms with Gasteiger partial charge in [0.15, 0.2) is 5.78 Å². The van der Waals surface area contributed by atoms with E-state index in [0.717, 1.165) is 6.07 Å². The maximum Gasteiger partial charge on any atom is 0.258 e. The van der Waals surface area contributed by atoms with Crippen molar-refractivity contribution in [1.82, 2.24) is 0 Å². The SMILES string of the molecule is CC1(C)CC(=O)c2cc(F)ccc2N1C(=O)c1ccc(F)cc1. The van der Waals surface area contributed by atoms with Gasteiger partial charge in [-0.25, -0.2) is 8.78 Å². The normalized spacial score (nSPS) is 16.2. The monoisotopic (exact) mass is 315 g/mol. The van der Waals surface area contributed by atoms with E-state index in [4.69, 9.17) is 0 Å². The van der Waals surface area contributed by atoms with Crippen molar-refractivity contribution < 1.29 is 18.4 Å². The largest absolute Gasteiger partial charge is 0.302 e. The van der Waals surface area contributed by atoms with E-state index in [0.29, 0.717) is 11.3 Å². The molecule has 1 heterocycles. The molecule has 1 aliphatic heterocycles. The van der Waals surface area contributed by atoms with Crippen LogP contribution >= 0.6 is 0 Å². The third-order valence-corrected chi connectivity index (χ3v) is 3.99. The van der Waals surface area contributed by atoms with E-state index < -0.39 is 17.2 Å². The second kappa shape index (κ2) is 5.26. The van der Waals surface area contributed by atoms with Crippen LogP contribution in [0, 0.1) is 11.6 Å². The van der Waals surface area contributed by atoms with E-state index in [9.17, 15) is 18.4 Å². The Bertz CT molecular complexity index is 797. The lowest BCUT2D eigenvalue weighted by atomic mass is 9.85. The van der Waals surface area contributed by atoms with E-state index in [1.165, 1.54) is 41.3 Å². The Morgan fingerprint density at radius 3 is 2.30 bits per heavy atom. The van der Waals surface area contributed by atoms with Crippen molar-refractivity contribution in [2.24, 2.45) is 0 Å². The fourth-order valence-corrected chi connectivity index (χ4v) is 2.93. The molecule has 118 valence electrons. The van der Waals surface area contributed by atoms with Gasteiger partial charge in [0.1, 0.15) is 11.6 Å². The predicted molar refractivity (Wildman–Crippen MR) is 82.6 cm³/mol. The summed E-state index contributed by atoms with van der Waals surface area (Å²) >= 11 is 0. The molecule has 5 heteroatoms. The molecule has 0 unspecified atom stereocenters. The Morgan fingerprint density at radius 1 is 1.04 bits per heavy atom. The predicted octanol–water partition coefficient (Wildman–Crippen LogP) is 3.98. The molecular formula is C18H15F2NO2. The molecule has 2 aromatic rings. The third kappa shape index (κ3) is 2.63. The van der Waals surface area contributed by atoms with Crippen molar-refractivity contribution in [3.8, 4) is 0 Å². The average molecular weight is 315 g/mol. The summed E-state index contributed by atoms with van der Waals surface area (Å²) in [6.45, 7) is 3.55. The summed E-state index contributed by atoms with van der Waals surface area (Å²) in [4.78, 5) is 26.6. The van der Waals surface area contributed by atoms with Crippen LogP contribution in [0.2, 0.25) is 0 Å². The minimum Gasteiger partial charge on any atom is -0.302 e. The number of hydrogen-bond acceptors (Lipinski definition) is 2. The lowest BCUT2D eigenvalue weighted by Gasteiger charge is -2.42. The van der Waals surface area contributed by atoms with Gasteiger partial charge in [0.05, 0.1) is 5.69 Å². The molecule has 0 aromatic heterocycles. The Kier molecular flexibility index (Phi) is 3.51. The summed E-state index contributed by atoms with van der Waals surface area (Å²) < 4.78 is 26.5. The first-order valence-corrected chi connectivity index (χ1v) is 7.22. The van der Waals surface area contributed by atoms with Gasteiger partial charge < -0.3 is 4.90 Å². The molecule has 0 saturated heterocycles. The smallest absolute Gasteiger partial charge is 0.258 e. The minimum atomic E-state index is -0.757. The van der Waals surface area contributed by atoms with E-state index in [-0.39, 0.29) is 23.7 Å². The zero-order chi connectivity index (χ0) is 16.8. The highest BCUT2D eigenvalue weighted by molar-refractivity contribution is 6.14. The standard InChI is InChI=1S/C18H15F2NO2/c1-18(2)10-16(22)14-9-13(20)7-8-15(14)21(18)17(23)11-3-5-12(19)6-4-11/h3-9H,10H2,1-2H3. The number of carbonyl (C=O) groups is 2. The molecule has 3 nitrogen and oxygen atoms in total. The first kappa shape index (κ1) is 15.3. The Labute approximate surface area is 132 Å². The molecule has 0 aliphatic carbocycles. The maximum atomic E-state index is 13.5. The molecule has 2 aromatic carbocycles. The van der Waals surface area contributed by atoms with Gasteiger partial charge in [0.2, 0.25) is 0 Å². The maximum absolute atomic E-state index is 13.5. The van der Waals surface area contributed by atoms with Crippen LogP contribution in [0.1, 0.15) is 41.0 Å². The van der Waals surface area contributed by atoms with Gasteiger partial charge in [-0.2, -0.15) is 0 Å². The summed E-state index contributed by atoms with van der Waals surface area (Å²) in [6.07, 6.45) is 0.0936. The second-order valence-corrected chi connectivity index (χ2v) is 6.22. The zero-order valence-electron chi connectivity index (χ0n) is 12.8. The molecule has 0 fully saturated rings. The lowest BCUT2D eigenvalue weighted by Crippen LogP contribution is -2.52. The number of carbonyl (C=O) groups excluding carboxylic acids is 2. The van der Waals surface area contributed by atoms with Crippen LogP contribution in [0.3, 0.4) is 0 Å². The highest BCUT2D eigenvalue weighted by atomic mass is 19.1. The highest BCUT2D eigenvalue weighted by Gasteiger charge is 2.41. The van der Waals surface area contributed by atoms with Crippen LogP contribution in [0.5, 0.6) is 0 Å². The Morgan fingerprint density at radius 2 is 1.65 bits per heavy atom.